The molecule has 1 aromatic rings. The molecule has 0 bridgehead atoms. The summed E-state index contributed by atoms with van der Waals surface area (Å²) in [7, 11) is 0. The van der Waals surface area contributed by atoms with Crippen molar-refractivity contribution in [1.29, 1.82) is 0 Å². The Morgan fingerprint density at radius 3 is 3.00 bits per heavy atom. The Balaban J connectivity index is 2.09. The van der Waals surface area contributed by atoms with Crippen LogP contribution >= 0.6 is 0 Å². The molecule has 1 aromatic heterocycles. The van der Waals surface area contributed by atoms with E-state index < -0.39 is 5.97 Å². The second-order valence-corrected chi connectivity index (χ2v) is 2.81. The highest BCUT2D eigenvalue weighted by molar-refractivity contribution is 5.85. The first-order chi connectivity index (χ1) is 6.75. The van der Waals surface area contributed by atoms with Crippen LogP contribution in [0.15, 0.2) is 12.3 Å². The number of aromatic carboxylic acids is 1. The Morgan fingerprint density at radius 1 is 1.64 bits per heavy atom. The molecule has 2 heterocycles. The molecule has 1 N–H and O–H groups in total. The lowest BCUT2D eigenvalue weighted by atomic mass is 10.3. The lowest BCUT2D eigenvalue weighted by Gasteiger charge is -2.25. The SMILES string of the molecule is O=C(O)c1ccnc(OC2COC2)n1. The van der Waals surface area contributed by atoms with Gasteiger partial charge in [0.25, 0.3) is 0 Å². The third-order valence-electron chi connectivity index (χ3n) is 1.73. The molecule has 6 heteroatoms. The second kappa shape index (κ2) is 3.59. The summed E-state index contributed by atoms with van der Waals surface area (Å²) in [5.41, 5.74) is -0.0739. The molecule has 74 valence electrons. The van der Waals surface area contributed by atoms with Gasteiger partial charge in [0.15, 0.2) is 5.69 Å². The molecule has 0 aromatic carbocycles. The van der Waals surface area contributed by atoms with Crippen LogP contribution in [0.1, 0.15) is 10.5 Å². The van der Waals surface area contributed by atoms with Crippen LogP contribution in [-0.2, 0) is 4.74 Å². The maximum atomic E-state index is 10.6. The van der Waals surface area contributed by atoms with Crippen molar-refractivity contribution < 1.29 is 19.4 Å². The van der Waals surface area contributed by atoms with Gasteiger partial charge in [-0.3, -0.25) is 0 Å². The number of aromatic nitrogens is 2. The fourth-order valence-corrected chi connectivity index (χ4v) is 0.948. The zero-order chi connectivity index (χ0) is 9.97. The summed E-state index contributed by atoms with van der Waals surface area (Å²) in [4.78, 5) is 18.0. The van der Waals surface area contributed by atoms with Gasteiger partial charge >= 0.3 is 12.0 Å². The zero-order valence-electron chi connectivity index (χ0n) is 7.21. The molecule has 1 fully saturated rings. The van der Waals surface area contributed by atoms with Crippen molar-refractivity contribution in [2.24, 2.45) is 0 Å². The van der Waals surface area contributed by atoms with E-state index in [0.717, 1.165) is 0 Å². The van der Waals surface area contributed by atoms with Crippen molar-refractivity contribution in [3.05, 3.63) is 18.0 Å². The topological polar surface area (TPSA) is 81.5 Å². The first-order valence-electron chi connectivity index (χ1n) is 4.06. The monoisotopic (exact) mass is 196 g/mol. The highest BCUT2D eigenvalue weighted by Crippen LogP contribution is 2.10. The molecule has 14 heavy (non-hydrogen) atoms. The number of carbonyl (C=O) groups is 1. The van der Waals surface area contributed by atoms with Crippen LogP contribution in [0.25, 0.3) is 0 Å². The Morgan fingerprint density at radius 2 is 2.43 bits per heavy atom. The number of hydrogen-bond donors (Lipinski definition) is 1. The Bertz CT molecular complexity index is 351. The molecule has 0 spiro atoms. The van der Waals surface area contributed by atoms with Gasteiger partial charge in [-0.15, -0.1) is 0 Å². The van der Waals surface area contributed by atoms with E-state index in [1.807, 2.05) is 0 Å². The van der Waals surface area contributed by atoms with Gasteiger partial charge in [0, 0.05) is 6.20 Å². The summed E-state index contributed by atoms with van der Waals surface area (Å²) in [5.74, 6) is -1.10. The maximum absolute atomic E-state index is 10.6. The normalized spacial score (nSPS) is 16.0. The molecule has 2 rings (SSSR count). The van der Waals surface area contributed by atoms with Gasteiger partial charge in [0.1, 0.15) is 6.10 Å². The predicted molar refractivity (Wildman–Crippen MR) is 44.2 cm³/mol. The van der Waals surface area contributed by atoms with Crippen LogP contribution in [-0.4, -0.2) is 40.4 Å². The van der Waals surface area contributed by atoms with Crippen molar-refractivity contribution in [1.82, 2.24) is 9.97 Å². The van der Waals surface area contributed by atoms with Crippen molar-refractivity contribution in [3.63, 3.8) is 0 Å². The number of nitrogens with zero attached hydrogens (tertiary/aromatic N) is 2. The third-order valence-corrected chi connectivity index (χ3v) is 1.73. The van der Waals surface area contributed by atoms with E-state index in [-0.39, 0.29) is 17.8 Å². The molecule has 6 nitrogen and oxygen atoms in total. The maximum Gasteiger partial charge on any atom is 0.354 e. The van der Waals surface area contributed by atoms with E-state index in [1.54, 1.807) is 0 Å². The van der Waals surface area contributed by atoms with E-state index in [9.17, 15) is 4.79 Å². The minimum absolute atomic E-state index is 0.0564. The van der Waals surface area contributed by atoms with Gasteiger partial charge in [0.2, 0.25) is 0 Å². The molecule has 0 unspecified atom stereocenters. The van der Waals surface area contributed by atoms with Crippen LogP contribution in [0.4, 0.5) is 0 Å². The third kappa shape index (κ3) is 1.80. The lowest BCUT2D eigenvalue weighted by molar-refractivity contribution is -0.0831. The largest absolute Gasteiger partial charge is 0.477 e. The average Bonchev–Trinajstić information content (AvgIpc) is 2.12. The van der Waals surface area contributed by atoms with Crippen molar-refractivity contribution >= 4 is 5.97 Å². The van der Waals surface area contributed by atoms with Gasteiger partial charge in [-0.05, 0) is 6.07 Å². The smallest absolute Gasteiger partial charge is 0.354 e. The summed E-state index contributed by atoms with van der Waals surface area (Å²) < 4.78 is 10.1. The van der Waals surface area contributed by atoms with Crippen molar-refractivity contribution in [3.8, 4) is 6.01 Å². The van der Waals surface area contributed by atoms with E-state index >= 15 is 0 Å². The van der Waals surface area contributed by atoms with Crippen LogP contribution in [0, 0.1) is 0 Å². The first-order valence-corrected chi connectivity index (χ1v) is 4.06. The fourth-order valence-electron chi connectivity index (χ4n) is 0.948. The number of hydrogen-bond acceptors (Lipinski definition) is 5. The molecular weight excluding hydrogens is 188 g/mol. The quantitative estimate of drug-likeness (QED) is 0.730. The van der Waals surface area contributed by atoms with Crippen LogP contribution in [0.3, 0.4) is 0 Å². The molecule has 0 saturated carbocycles. The number of ether oxygens (including phenoxy) is 2. The molecular formula is C8H8N2O4. The van der Waals surface area contributed by atoms with E-state index in [2.05, 4.69) is 9.97 Å². The van der Waals surface area contributed by atoms with Gasteiger partial charge in [-0.25, -0.2) is 9.78 Å². The minimum Gasteiger partial charge on any atom is -0.477 e. The van der Waals surface area contributed by atoms with E-state index in [1.165, 1.54) is 12.3 Å². The summed E-state index contributed by atoms with van der Waals surface area (Å²) in [6.07, 6.45) is 1.30. The molecule has 1 aliphatic rings. The second-order valence-electron chi connectivity index (χ2n) is 2.81. The summed E-state index contributed by atoms with van der Waals surface area (Å²) >= 11 is 0. The first kappa shape index (κ1) is 8.89. The molecule has 1 aliphatic heterocycles. The average molecular weight is 196 g/mol. The van der Waals surface area contributed by atoms with Gasteiger partial charge in [0.05, 0.1) is 13.2 Å². The number of carboxylic acid groups (broad SMARTS) is 1. The lowest BCUT2D eigenvalue weighted by Crippen LogP contribution is -2.39. The molecule has 0 aliphatic carbocycles. The summed E-state index contributed by atoms with van der Waals surface area (Å²) in [6.45, 7) is 1.00. The van der Waals surface area contributed by atoms with Crippen LogP contribution in [0.5, 0.6) is 6.01 Å². The minimum atomic E-state index is -1.10. The van der Waals surface area contributed by atoms with Crippen molar-refractivity contribution in [2.75, 3.05) is 13.2 Å². The Hall–Kier alpha value is -1.69. The molecule has 0 amide bonds. The Labute approximate surface area is 79.5 Å². The van der Waals surface area contributed by atoms with E-state index in [0.29, 0.717) is 13.2 Å². The number of rotatable bonds is 3. The van der Waals surface area contributed by atoms with Gasteiger partial charge < -0.3 is 14.6 Å². The summed E-state index contributed by atoms with van der Waals surface area (Å²) in [5, 5.41) is 8.64. The molecule has 1 saturated heterocycles. The Kier molecular flexibility index (Phi) is 2.28. The highest BCUT2D eigenvalue weighted by Gasteiger charge is 2.21. The molecule has 0 atom stereocenters. The fraction of sp³-hybridized carbons (Fsp3) is 0.375. The standard InChI is InChI=1S/C8H8N2O4/c11-7(12)6-1-2-9-8(10-6)14-5-3-13-4-5/h1-2,5H,3-4H2,(H,11,12). The predicted octanol–water partition coefficient (Wildman–Crippen LogP) is -0.0476. The van der Waals surface area contributed by atoms with Crippen LogP contribution < -0.4 is 4.74 Å². The van der Waals surface area contributed by atoms with Gasteiger partial charge in [-0.2, -0.15) is 4.98 Å². The van der Waals surface area contributed by atoms with E-state index in [4.69, 9.17) is 14.6 Å². The highest BCUT2D eigenvalue weighted by atomic mass is 16.6. The number of carboxylic acids is 1. The van der Waals surface area contributed by atoms with Crippen molar-refractivity contribution in [2.45, 2.75) is 6.10 Å². The summed E-state index contributed by atoms with van der Waals surface area (Å²) in [6, 6.07) is 1.39. The van der Waals surface area contributed by atoms with Crippen LogP contribution in [0.2, 0.25) is 0 Å². The zero-order valence-corrected chi connectivity index (χ0v) is 7.21. The van der Waals surface area contributed by atoms with Gasteiger partial charge in [-0.1, -0.05) is 0 Å². The molecule has 0 radical (unpaired) electrons.